The molecule has 0 radical (unpaired) electrons. The summed E-state index contributed by atoms with van der Waals surface area (Å²) in [5.74, 6) is -1.74. The number of carboxylic acids is 1. The Labute approximate surface area is 186 Å². The molecule has 0 unspecified atom stereocenters. The molecule has 3 aromatic carbocycles. The molecule has 3 aromatic rings. The minimum atomic E-state index is -1.09. The number of carbonyl (C=O) groups is 1. The first-order valence-corrected chi connectivity index (χ1v) is 10.6. The van der Waals surface area contributed by atoms with Gasteiger partial charge in [-0.25, -0.2) is 4.39 Å². The first-order chi connectivity index (χ1) is 15.6. The second-order valence-electron chi connectivity index (χ2n) is 7.61. The van der Waals surface area contributed by atoms with Crippen LogP contribution in [0.1, 0.15) is 29.5 Å². The van der Waals surface area contributed by atoms with Gasteiger partial charge in [-0.1, -0.05) is 65.8 Å². The average Bonchev–Trinajstić information content (AvgIpc) is 2.81. The molecule has 0 saturated carbocycles. The predicted molar refractivity (Wildman–Crippen MR) is 121 cm³/mol. The van der Waals surface area contributed by atoms with Crippen LogP contribution in [-0.4, -0.2) is 30.0 Å². The molecule has 0 spiro atoms. The van der Waals surface area contributed by atoms with E-state index < -0.39 is 18.2 Å². The van der Waals surface area contributed by atoms with Crippen LogP contribution in [0.2, 0.25) is 0 Å². The zero-order chi connectivity index (χ0) is 22.3. The number of halogens is 1. The van der Waals surface area contributed by atoms with Gasteiger partial charge in [-0.05, 0) is 42.0 Å². The second-order valence-corrected chi connectivity index (χ2v) is 7.61. The third-order valence-electron chi connectivity index (χ3n) is 5.37. The molecule has 0 bridgehead atoms. The monoisotopic (exact) mass is 433 g/mol. The van der Waals surface area contributed by atoms with Gasteiger partial charge in [0.15, 0.2) is 18.2 Å². The molecule has 5 nitrogen and oxygen atoms in total. The third-order valence-corrected chi connectivity index (χ3v) is 5.37. The van der Waals surface area contributed by atoms with Gasteiger partial charge in [0, 0.05) is 11.1 Å². The zero-order valence-corrected chi connectivity index (χ0v) is 17.6. The van der Waals surface area contributed by atoms with Gasteiger partial charge in [0.25, 0.3) is 0 Å². The maximum atomic E-state index is 14.3. The molecule has 1 aliphatic carbocycles. The Kier molecular flexibility index (Phi) is 6.80. The normalized spacial score (nSPS) is 14.1. The summed E-state index contributed by atoms with van der Waals surface area (Å²) >= 11 is 0. The molecule has 0 amide bonds. The first-order valence-electron chi connectivity index (χ1n) is 10.6. The van der Waals surface area contributed by atoms with Crippen LogP contribution in [0.15, 0.2) is 71.9 Å². The van der Waals surface area contributed by atoms with E-state index in [1.54, 1.807) is 6.07 Å². The van der Waals surface area contributed by atoms with Gasteiger partial charge in [-0.3, -0.25) is 4.79 Å². The number of nitrogens with zero attached hydrogens (tertiary/aromatic N) is 1. The summed E-state index contributed by atoms with van der Waals surface area (Å²) < 4.78 is 19.7. The Hall–Kier alpha value is -3.67. The maximum Gasteiger partial charge on any atom is 0.307 e. The predicted octanol–water partition coefficient (Wildman–Crippen LogP) is 5.26. The highest BCUT2D eigenvalue weighted by molar-refractivity contribution is 6.02. The third kappa shape index (κ3) is 5.14. The Morgan fingerprint density at radius 1 is 0.969 bits per heavy atom. The molecule has 0 aliphatic heterocycles. The summed E-state index contributed by atoms with van der Waals surface area (Å²) in [4.78, 5) is 16.3. The van der Waals surface area contributed by atoms with E-state index in [9.17, 15) is 9.18 Å². The summed E-state index contributed by atoms with van der Waals surface area (Å²) in [6.07, 6.45) is 2.46. The lowest BCUT2D eigenvalue weighted by Gasteiger charge is -2.18. The fourth-order valence-corrected chi connectivity index (χ4v) is 3.85. The van der Waals surface area contributed by atoms with Gasteiger partial charge in [-0.15, -0.1) is 0 Å². The van der Waals surface area contributed by atoms with Crippen molar-refractivity contribution < 1.29 is 23.9 Å². The smallest absolute Gasteiger partial charge is 0.307 e. The Bertz CT molecular complexity index is 1130. The number of oxime groups is 1. The quantitative estimate of drug-likeness (QED) is 0.389. The fourth-order valence-electron chi connectivity index (χ4n) is 3.85. The molecule has 0 fully saturated rings. The van der Waals surface area contributed by atoms with Crippen LogP contribution in [0.4, 0.5) is 4.39 Å². The Morgan fingerprint density at radius 3 is 2.62 bits per heavy atom. The van der Waals surface area contributed by atoms with E-state index in [2.05, 4.69) is 35.5 Å². The van der Waals surface area contributed by atoms with Crippen molar-refractivity contribution in [2.45, 2.75) is 25.7 Å². The molecule has 0 aromatic heterocycles. The van der Waals surface area contributed by atoms with Crippen molar-refractivity contribution in [2.24, 2.45) is 5.16 Å². The number of carboxylic acid groups (broad SMARTS) is 1. The van der Waals surface area contributed by atoms with Crippen molar-refractivity contribution >= 4 is 11.7 Å². The topological polar surface area (TPSA) is 68.1 Å². The first kappa shape index (κ1) is 21.6. The van der Waals surface area contributed by atoms with E-state index >= 15 is 0 Å². The van der Waals surface area contributed by atoms with Crippen LogP contribution in [-0.2, 0) is 22.5 Å². The number of fused-ring (bicyclic) bond motifs is 1. The van der Waals surface area contributed by atoms with Crippen LogP contribution < -0.4 is 4.74 Å². The minimum Gasteiger partial charge on any atom is -0.487 e. The molecular weight excluding hydrogens is 409 g/mol. The van der Waals surface area contributed by atoms with Gasteiger partial charge in [0.05, 0.1) is 12.1 Å². The van der Waals surface area contributed by atoms with Crippen LogP contribution in [0.5, 0.6) is 5.75 Å². The summed E-state index contributed by atoms with van der Waals surface area (Å²) in [7, 11) is 0. The van der Waals surface area contributed by atoms with Crippen molar-refractivity contribution in [1.82, 2.24) is 0 Å². The van der Waals surface area contributed by atoms with Crippen molar-refractivity contribution in [3.05, 3.63) is 89.2 Å². The summed E-state index contributed by atoms with van der Waals surface area (Å²) in [5, 5.41) is 13.2. The van der Waals surface area contributed by atoms with E-state index in [4.69, 9.17) is 14.7 Å². The van der Waals surface area contributed by atoms with E-state index in [0.717, 1.165) is 30.5 Å². The van der Waals surface area contributed by atoms with Crippen LogP contribution in [0, 0.1) is 5.82 Å². The second kappa shape index (κ2) is 10.1. The average molecular weight is 433 g/mol. The van der Waals surface area contributed by atoms with Gasteiger partial charge in [0.2, 0.25) is 0 Å². The number of aliphatic carboxylic acids is 1. The zero-order valence-electron chi connectivity index (χ0n) is 17.6. The molecule has 4 rings (SSSR count). The lowest BCUT2D eigenvalue weighted by Crippen LogP contribution is -2.14. The van der Waals surface area contributed by atoms with E-state index in [1.807, 2.05) is 18.2 Å². The van der Waals surface area contributed by atoms with Crippen molar-refractivity contribution in [1.29, 1.82) is 0 Å². The van der Waals surface area contributed by atoms with Gasteiger partial charge >= 0.3 is 5.97 Å². The molecule has 6 heteroatoms. The lowest BCUT2D eigenvalue weighted by molar-refractivity contribution is -0.136. The molecule has 1 aliphatic rings. The molecule has 164 valence electrons. The standard InChI is InChI=1S/C26H24FNO4/c27-26-21(17-25(29)30)9-5-11-24(26)31-14-15-32-28-23-10-4-8-20-16-19(12-13-22(20)23)18-6-2-1-3-7-18/h1-3,5-7,9,11-13,16H,4,8,10,14-15,17H2,(H,29,30)/b28-23+. The van der Waals surface area contributed by atoms with E-state index in [0.29, 0.717) is 0 Å². The highest BCUT2D eigenvalue weighted by Gasteiger charge is 2.17. The molecule has 1 N–H and O–H groups in total. The molecule has 0 saturated heterocycles. The van der Waals surface area contributed by atoms with E-state index in [1.165, 1.54) is 28.8 Å². The Morgan fingerprint density at radius 2 is 1.81 bits per heavy atom. The van der Waals surface area contributed by atoms with Crippen molar-refractivity contribution in [2.75, 3.05) is 13.2 Å². The summed E-state index contributed by atoms with van der Waals surface area (Å²) in [5.41, 5.74) is 5.72. The van der Waals surface area contributed by atoms with Crippen LogP contribution >= 0.6 is 0 Å². The van der Waals surface area contributed by atoms with Crippen LogP contribution in [0.3, 0.4) is 0 Å². The highest BCUT2D eigenvalue weighted by atomic mass is 19.1. The van der Waals surface area contributed by atoms with Crippen molar-refractivity contribution in [3.63, 3.8) is 0 Å². The molecule has 0 heterocycles. The highest BCUT2D eigenvalue weighted by Crippen LogP contribution is 2.28. The summed E-state index contributed by atoms with van der Waals surface area (Å²) in [6.45, 7) is 0.257. The maximum absolute atomic E-state index is 14.3. The number of benzene rings is 3. The minimum absolute atomic E-state index is 0.0106. The lowest BCUT2D eigenvalue weighted by atomic mass is 9.88. The Balaban J connectivity index is 1.36. The number of hydrogen-bond acceptors (Lipinski definition) is 4. The fraction of sp³-hybridized carbons (Fsp3) is 0.231. The van der Waals surface area contributed by atoms with Gasteiger partial charge in [0.1, 0.15) is 6.61 Å². The molecule has 32 heavy (non-hydrogen) atoms. The number of hydrogen-bond donors (Lipinski definition) is 1. The number of rotatable bonds is 8. The number of aryl methyl sites for hydroxylation is 1. The van der Waals surface area contributed by atoms with Gasteiger partial charge in [-0.2, -0.15) is 0 Å². The number of ether oxygens (including phenoxy) is 1. The van der Waals surface area contributed by atoms with E-state index in [-0.39, 0.29) is 24.5 Å². The largest absolute Gasteiger partial charge is 0.487 e. The van der Waals surface area contributed by atoms with Gasteiger partial charge < -0.3 is 14.7 Å². The molecular formula is C26H24FNO4. The van der Waals surface area contributed by atoms with Crippen LogP contribution in [0.25, 0.3) is 11.1 Å². The molecule has 0 atom stereocenters. The SMILES string of the molecule is O=C(O)Cc1cccc(OCCO/N=C2\CCCc3cc(-c4ccccc4)ccc32)c1F. The van der Waals surface area contributed by atoms with Crippen molar-refractivity contribution in [3.8, 4) is 16.9 Å². The summed E-state index contributed by atoms with van der Waals surface area (Å²) in [6, 6.07) is 21.2.